The molecule has 0 fully saturated rings. The summed E-state index contributed by atoms with van der Waals surface area (Å²) < 4.78 is 2.24. The van der Waals surface area contributed by atoms with Crippen molar-refractivity contribution in [2.45, 2.75) is 12.0 Å². The molecule has 2 aliphatic rings. The van der Waals surface area contributed by atoms with E-state index in [0.717, 1.165) is 38.9 Å². The van der Waals surface area contributed by atoms with E-state index in [4.69, 9.17) is 0 Å². The van der Waals surface area contributed by atoms with Crippen molar-refractivity contribution in [3.05, 3.63) is 126 Å². The van der Waals surface area contributed by atoms with Crippen LogP contribution in [0.3, 0.4) is 0 Å². The molecule has 0 amide bonds. The molecule has 0 saturated heterocycles. The Morgan fingerprint density at radius 3 is 1.89 bits per heavy atom. The lowest BCUT2D eigenvalue weighted by atomic mass is 9.91. The van der Waals surface area contributed by atoms with Crippen molar-refractivity contribution < 1.29 is 0 Å². The van der Waals surface area contributed by atoms with Gasteiger partial charge in [0.05, 0.1) is 39.6 Å². The molecule has 1 aliphatic carbocycles. The van der Waals surface area contributed by atoms with Gasteiger partial charge in [0.15, 0.2) is 0 Å². The van der Waals surface area contributed by atoms with Crippen LogP contribution in [0.2, 0.25) is 0 Å². The Labute approximate surface area is 208 Å². The number of benzene rings is 4. The second-order valence-electron chi connectivity index (χ2n) is 9.19. The van der Waals surface area contributed by atoms with Crippen LogP contribution in [-0.2, 0) is 0 Å². The fraction of sp³-hybridized carbons (Fsp3) is 0.0625. The molecule has 2 unspecified atom stereocenters. The summed E-state index contributed by atoms with van der Waals surface area (Å²) >= 11 is 0. The second kappa shape index (κ2) is 7.73. The summed E-state index contributed by atoms with van der Waals surface area (Å²) in [7, 11) is 0. The molecular weight excluding hydrogens is 440 g/mol. The lowest BCUT2D eigenvalue weighted by Gasteiger charge is -2.31. The zero-order chi connectivity index (χ0) is 24.2. The number of para-hydroxylation sites is 3. The highest BCUT2D eigenvalue weighted by molar-refractivity contribution is 6.09. The van der Waals surface area contributed by atoms with Gasteiger partial charge in [-0.1, -0.05) is 78.9 Å². The van der Waals surface area contributed by atoms with Crippen molar-refractivity contribution in [3.8, 4) is 17.8 Å². The van der Waals surface area contributed by atoms with E-state index < -0.39 is 0 Å². The van der Waals surface area contributed by atoms with Crippen molar-refractivity contribution in [1.82, 2.24) is 4.57 Å². The van der Waals surface area contributed by atoms with E-state index in [-0.39, 0.29) is 12.0 Å². The monoisotopic (exact) mass is 460 g/mol. The van der Waals surface area contributed by atoms with E-state index in [1.54, 1.807) is 0 Å². The lowest BCUT2D eigenvalue weighted by Crippen LogP contribution is -2.29. The van der Waals surface area contributed by atoms with Crippen LogP contribution in [0.15, 0.2) is 109 Å². The summed E-state index contributed by atoms with van der Waals surface area (Å²) in [5, 5.41) is 22.2. The smallest absolute Gasteiger partial charge is 0.101 e. The van der Waals surface area contributed by atoms with Gasteiger partial charge in [0.1, 0.15) is 12.1 Å². The van der Waals surface area contributed by atoms with Crippen LogP contribution >= 0.6 is 0 Å². The molecule has 4 nitrogen and oxygen atoms in total. The highest BCUT2D eigenvalue weighted by atomic mass is 15.2. The average molecular weight is 461 g/mol. The molecular formula is C32H20N4. The Morgan fingerprint density at radius 2 is 1.19 bits per heavy atom. The van der Waals surface area contributed by atoms with Crippen molar-refractivity contribution in [2.75, 3.05) is 4.90 Å². The van der Waals surface area contributed by atoms with Gasteiger partial charge in [-0.3, -0.25) is 0 Å². The maximum Gasteiger partial charge on any atom is 0.101 e. The van der Waals surface area contributed by atoms with Gasteiger partial charge in [-0.05, 0) is 35.9 Å². The zero-order valence-electron chi connectivity index (χ0n) is 19.3. The molecule has 4 heteroatoms. The van der Waals surface area contributed by atoms with Gasteiger partial charge in [0.25, 0.3) is 0 Å². The number of allylic oxidation sites excluding steroid dienone is 2. The zero-order valence-corrected chi connectivity index (χ0v) is 19.3. The summed E-state index contributed by atoms with van der Waals surface area (Å²) in [6.07, 6.45) is 8.67. The van der Waals surface area contributed by atoms with E-state index in [0.29, 0.717) is 11.1 Å². The van der Waals surface area contributed by atoms with Crippen LogP contribution in [0.25, 0.3) is 27.5 Å². The normalized spacial score (nSPS) is 17.7. The molecule has 2 atom stereocenters. The third-order valence-electron chi connectivity index (χ3n) is 7.40. The van der Waals surface area contributed by atoms with Gasteiger partial charge in [-0.2, -0.15) is 10.5 Å². The minimum atomic E-state index is 0.0821. The van der Waals surface area contributed by atoms with E-state index in [2.05, 4.69) is 107 Å². The molecule has 0 spiro atoms. The van der Waals surface area contributed by atoms with Crippen molar-refractivity contribution in [3.63, 3.8) is 0 Å². The number of hydrogen-bond acceptors (Lipinski definition) is 3. The molecule has 5 aromatic rings. The molecule has 0 N–H and O–H groups in total. The number of rotatable bonds is 2. The summed E-state index contributed by atoms with van der Waals surface area (Å²) in [4.78, 5) is 2.33. The number of nitriles is 2. The topological polar surface area (TPSA) is 55.8 Å². The first-order valence-corrected chi connectivity index (χ1v) is 12.0. The molecule has 0 radical (unpaired) electrons. The van der Waals surface area contributed by atoms with Crippen molar-refractivity contribution in [1.29, 1.82) is 10.5 Å². The summed E-state index contributed by atoms with van der Waals surface area (Å²) in [5.74, 6) is 0.221. The van der Waals surface area contributed by atoms with Gasteiger partial charge >= 0.3 is 0 Å². The highest BCUT2D eigenvalue weighted by Crippen LogP contribution is 2.50. The first-order chi connectivity index (χ1) is 17.8. The molecule has 36 heavy (non-hydrogen) atoms. The highest BCUT2D eigenvalue weighted by Gasteiger charge is 2.38. The number of fused-ring (bicyclic) bond motifs is 6. The van der Waals surface area contributed by atoms with Crippen LogP contribution < -0.4 is 4.90 Å². The van der Waals surface area contributed by atoms with Gasteiger partial charge in [-0.25, -0.2) is 0 Å². The molecule has 0 saturated carbocycles. The van der Waals surface area contributed by atoms with Gasteiger partial charge in [0, 0.05) is 22.4 Å². The van der Waals surface area contributed by atoms with Gasteiger partial charge < -0.3 is 9.47 Å². The summed E-state index contributed by atoms with van der Waals surface area (Å²) in [5.41, 5.74) is 7.08. The second-order valence-corrected chi connectivity index (χ2v) is 9.19. The number of anilines is 2. The van der Waals surface area contributed by atoms with Crippen molar-refractivity contribution >= 4 is 33.2 Å². The number of nitrogens with zero attached hydrogens (tertiary/aromatic N) is 4. The third-order valence-corrected chi connectivity index (χ3v) is 7.40. The van der Waals surface area contributed by atoms with Crippen LogP contribution in [-0.4, -0.2) is 10.6 Å². The first-order valence-electron chi connectivity index (χ1n) is 12.0. The van der Waals surface area contributed by atoms with Crippen LogP contribution in [0, 0.1) is 22.7 Å². The molecule has 168 valence electrons. The fourth-order valence-corrected chi connectivity index (χ4v) is 5.89. The maximum atomic E-state index is 9.96. The van der Waals surface area contributed by atoms with E-state index in [1.165, 1.54) is 5.56 Å². The lowest BCUT2D eigenvalue weighted by molar-refractivity contribution is 0.743. The van der Waals surface area contributed by atoms with Gasteiger partial charge in [-0.15, -0.1) is 0 Å². The number of aromatic nitrogens is 1. The Kier molecular flexibility index (Phi) is 4.37. The summed E-state index contributed by atoms with van der Waals surface area (Å²) in [6, 6.07) is 33.6. The Morgan fingerprint density at radius 1 is 0.611 bits per heavy atom. The quantitative estimate of drug-likeness (QED) is 0.279. The van der Waals surface area contributed by atoms with E-state index in [1.807, 2.05) is 24.3 Å². The SMILES string of the molecule is N#Cc1cc(N2c3ccccc3C3C=CC=CC32)c(-n2c3ccccc3c3ccccc32)cc1C#N. The van der Waals surface area contributed by atoms with Crippen LogP contribution in [0.5, 0.6) is 0 Å². The Bertz CT molecular complexity index is 1790. The van der Waals surface area contributed by atoms with Crippen LogP contribution in [0.1, 0.15) is 22.6 Å². The average Bonchev–Trinajstić information content (AvgIpc) is 3.45. The Hall–Kier alpha value is -5.06. The minimum Gasteiger partial charge on any atom is -0.332 e. The molecule has 2 heterocycles. The Balaban J connectivity index is 1.61. The molecule has 1 aliphatic heterocycles. The minimum absolute atomic E-state index is 0.0821. The fourth-order valence-electron chi connectivity index (χ4n) is 5.89. The standard InChI is InChI=1S/C32H20N4/c33-19-21-17-31(35-27-13-5-1-9-23(27)24-10-2-6-14-28(24)35)32(18-22(21)20-34)36-29-15-7-3-11-25(29)26-12-4-8-16-30(26)36/h1-18,23,27H. The third kappa shape index (κ3) is 2.73. The van der Waals surface area contributed by atoms with Crippen LogP contribution in [0.4, 0.5) is 11.4 Å². The molecule has 4 aromatic carbocycles. The first kappa shape index (κ1) is 20.3. The van der Waals surface area contributed by atoms with E-state index in [9.17, 15) is 10.5 Å². The predicted molar refractivity (Wildman–Crippen MR) is 144 cm³/mol. The predicted octanol–water partition coefficient (Wildman–Crippen LogP) is 7.26. The van der Waals surface area contributed by atoms with Crippen molar-refractivity contribution in [2.24, 2.45) is 0 Å². The molecule has 7 rings (SSSR count). The van der Waals surface area contributed by atoms with E-state index >= 15 is 0 Å². The largest absolute Gasteiger partial charge is 0.332 e. The summed E-state index contributed by atoms with van der Waals surface area (Å²) in [6.45, 7) is 0. The molecule has 0 bridgehead atoms. The molecule has 1 aromatic heterocycles. The van der Waals surface area contributed by atoms with Gasteiger partial charge in [0.2, 0.25) is 0 Å². The number of hydrogen-bond donors (Lipinski definition) is 0. The maximum absolute atomic E-state index is 9.96.